The highest BCUT2D eigenvalue weighted by molar-refractivity contribution is 9.10. The number of amides is 3. The zero-order valence-corrected chi connectivity index (χ0v) is 16.8. The van der Waals surface area contributed by atoms with E-state index in [1.54, 1.807) is 37.3 Å². The second-order valence-electron chi connectivity index (χ2n) is 5.97. The highest BCUT2D eigenvalue weighted by Crippen LogP contribution is 2.33. The Morgan fingerprint density at radius 2 is 2.00 bits per heavy atom. The Hall–Kier alpha value is -2.91. The average Bonchev–Trinajstić information content (AvgIpc) is 2.63. The number of anilines is 1. The molecule has 0 spiro atoms. The number of para-hydroxylation sites is 1. The summed E-state index contributed by atoms with van der Waals surface area (Å²) in [6, 6.07) is 9.76. The first-order chi connectivity index (χ1) is 13.3. The van der Waals surface area contributed by atoms with Gasteiger partial charge in [-0.15, -0.1) is 0 Å². The number of carbonyl (C=O) groups excluding carboxylic acids is 2. The molecule has 0 saturated heterocycles. The van der Waals surface area contributed by atoms with Gasteiger partial charge in [0, 0.05) is 11.8 Å². The number of nitro groups is 1. The third kappa shape index (κ3) is 4.00. The first-order valence-corrected chi connectivity index (χ1v) is 9.23. The van der Waals surface area contributed by atoms with Crippen molar-refractivity contribution in [3.63, 3.8) is 0 Å². The number of benzene rings is 2. The summed E-state index contributed by atoms with van der Waals surface area (Å²) in [5.41, 5.74) is 1.19. The van der Waals surface area contributed by atoms with Crippen LogP contribution in [-0.4, -0.2) is 16.9 Å². The Morgan fingerprint density at radius 3 is 2.68 bits per heavy atom. The molecule has 0 fully saturated rings. The Bertz CT molecular complexity index is 1020. The molecule has 10 heteroatoms. The molecule has 1 atom stereocenters. The highest BCUT2D eigenvalue weighted by Gasteiger charge is 2.32. The lowest BCUT2D eigenvalue weighted by Gasteiger charge is -2.28. The predicted octanol–water partition coefficient (Wildman–Crippen LogP) is 4.28. The lowest BCUT2D eigenvalue weighted by Crippen LogP contribution is -2.46. The van der Waals surface area contributed by atoms with Crippen LogP contribution in [0.3, 0.4) is 0 Å². The van der Waals surface area contributed by atoms with Gasteiger partial charge in [0.1, 0.15) is 0 Å². The van der Waals surface area contributed by atoms with E-state index in [-0.39, 0.29) is 11.3 Å². The lowest BCUT2D eigenvalue weighted by molar-refractivity contribution is -0.385. The van der Waals surface area contributed by atoms with E-state index in [2.05, 4.69) is 31.9 Å². The fourth-order valence-electron chi connectivity index (χ4n) is 2.85. The topological polar surface area (TPSA) is 113 Å². The van der Waals surface area contributed by atoms with Gasteiger partial charge in [0.25, 0.3) is 11.6 Å². The van der Waals surface area contributed by atoms with Crippen LogP contribution < -0.4 is 16.0 Å². The van der Waals surface area contributed by atoms with Gasteiger partial charge in [0.2, 0.25) is 0 Å². The van der Waals surface area contributed by atoms with Crippen LogP contribution in [0, 0.1) is 10.1 Å². The second-order valence-corrected chi connectivity index (χ2v) is 7.23. The van der Waals surface area contributed by atoms with Crippen LogP contribution in [0.25, 0.3) is 0 Å². The summed E-state index contributed by atoms with van der Waals surface area (Å²) < 4.78 is 0.296. The van der Waals surface area contributed by atoms with E-state index < -0.39 is 22.9 Å². The molecule has 8 nitrogen and oxygen atoms in total. The van der Waals surface area contributed by atoms with Crippen LogP contribution in [0.4, 0.5) is 16.2 Å². The normalized spacial score (nSPS) is 16.2. The minimum Gasteiger partial charge on any atom is -0.327 e. The highest BCUT2D eigenvalue weighted by atomic mass is 79.9. The van der Waals surface area contributed by atoms with Gasteiger partial charge in [-0.2, -0.15) is 0 Å². The summed E-state index contributed by atoms with van der Waals surface area (Å²) in [6.45, 7) is 1.58. The molecule has 0 unspecified atom stereocenters. The molecule has 0 aliphatic carbocycles. The maximum Gasteiger partial charge on any atom is 0.319 e. The van der Waals surface area contributed by atoms with E-state index in [1.165, 1.54) is 12.1 Å². The molecule has 0 bridgehead atoms. The van der Waals surface area contributed by atoms with E-state index in [0.29, 0.717) is 26.4 Å². The second kappa shape index (κ2) is 7.99. The number of rotatable bonds is 4. The molecule has 0 radical (unpaired) electrons. The molecule has 0 saturated carbocycles. The molecule has 1 heterocycles. The third-order valence-electron chi connectivity index (χ3n) is 4.14. The third-order valence-corrected chi connectivity index (χ3v) is 5.14. The van der Waals surface area contributed by atoms with Crippen molar-refractivity contribution in [2.75, 3.05) is 5.32 Å². The molecule has 0 aromatic heterocycles. The van der Waals surface area contributed by atoms with Gasteiger partial charge in [0.15, 0.2) is 0 Å². The largest absolute Gasteiger partial charge is 0.327 e. The van der Waals surface area contributed by atoms with Gasteiger partial charge < -0.3 is 16.0 Å². The van der Waals surface area contributed by atoms with Gasteiger partial charge in [-0.3, -0.25) is 14.9 Å². The van der Waals surface area contributed by atoms with E-state index in [0.717, 1.165) is 0 Å². The van der Waals surface area contributed by atoms with Crippen LogP contribution in [0.1, 0.15) is 18.5 Å². The van der Waals surface area contributed by atoms with Crippen molar-refractivity contribution >= 4 is 50.8 Å². The van der Waals surface area contributed by atoms with Gasteiger partial charge in [-0.1, -0.05) is 29.8 Å². The maximum absolute atomic E-state index is 12.9. The number of nitrogens with one attached hydrogen (secondary N) is 3. The van der Waals surface area contributed by atoms with Crippen molar-refractivity contribution in [1.29, 1.82) is 0 Å². The number of nitro benzene ring substituents is 1. The van der Waals surface area contributed by atoms with E-state index in [9.17, 15) is 19.7 Å². The molecule has 3 rings (SSSR count). The van der Waals surface area contributed by atoms with E-state index in [1.807, 2.05) is 0 Å². The summed E-state index contributed by atoms with van der Waals surface area (Å²) >= 11 is 9.22. The average molecular weight is 466 g/mol. The molecule has 28 heavy (non-hydrogen) atoms. The van der Waals surface area contributed by atoms with Crippen molar-refractivity contribution < 1.29 is 14.5 Å². The SMILES string of the molecule is CC1=C(C(=O)Nc2ccccc2Cl)[C@H](c2ccc(Br)c([N+](=O)[O-])c2)NC(=O)N1. The van der Waals surface area contributed by atoms with Gasteiger partial charge in [-0.05, 0) is 46.6 Å². The zero-order valence-electron chi connectivity index (χ0n) is 14.5. The smallest absolute Gasteiger partial charge is 0.319 e. The summed E-state index contributed by atoms with van der Waals surface area (Å²) in [4.78, 5) is 35.6. The fourth-order valence-corrected chi connectivity index (χ4v) is 3.42. The number of allylic oxidation sites excluding steroid dienone is 1. The monoisotopic (exact) mass is 464 g/mol. The molecule has 1 aliphatic heterocycles. The number of nitrogens with zero attached hydrogens (tertiary/aromatic N) is 1. The molecule has 1 aliphatic rings. The standard InChI is InChI=1S/C18H14BrClN4O4/c1-9-15(17(25)22-13-5-3-2-4-12(13)20)16(23-18(26)21-9)10-6-7-11(19)14(8-10)24(27)28/h2-8,16H,1H3,(H,22,25)(H2,21,23,26)/t16-/m0/s1. The van der Waals surface area contributed by atoms with Gasteiger partial charge in [-0.25, -0.2) is 4.79 Å². The maximum atomic E-state index is 12.9. The zero-order chi connectivity index (χ0) is 20.4. The summed E-state index contributed by atoms with van der Waals surface area (Å²) in [7, 11) is 0. The van der Waals surface area contributed by atoms with Crippen molar-refractivity contribution in [3.05, 3.63) is 78.9 Å². The Morgan fingerprint density at radius 1 is 1.29 bits per heavy atom. The number of halogens is 2. The Labute approximate surface area is 173 Å². The fraction of sp³-hybridized carbons (Fsp3) is 0.111. The molecule has 144 valence electrons. The van der Waals surface area contributed by atoms with Crippen LogP contribution in [0.2, 0.25) is 5.02 Å². The first-order valence-electron chi connectivity index (χ1n) is 8.06. The van der Waals surface area contributed by atoms with Crippen molar-refractivity contribution in [1.82, 2.24) is 10.6 Å². The molecule has 2 aromatic rings. The van der Waals surface area contributed by atoms with E-state index in [4.69, 9.17) is 11.6 Å². The number of carbonyl (C=O) groups is 2. The van der Waals surface area contributed by atoms with Crippen LogP contribution >= 0.6 is 27.5 Å². The summed E-state index contributed by atoms with van der Waals surface area (Å²) in [5, 5.41) is 19.5. The predicted molar refractivity (Wildman–Crippen MR) is 108 cm³/mol. The summed E-state index contributed by atoms with van der Waals surface area (Å²) in [6.07, 6.45) is 0. The Balaban J connectivity index is 2.02. The first kappa shape index (κ1) is 19.8. The van der Waals surface area contributed by atoms with Crippen LogP contribution in [-0.2, 0) is 4.79 Å². The van der Waals surface area contributed by atoms with Crippen molar-refractivity contribution in [2.45, 2.75) is 13.0 Å². The minimum absolute atomic E-state index is 0.172. The van der Waals surface area contributed by atoms with Gasteiger partial charge >= 0.3 is 6.03 Å². The van der Waals surface area contributed by atoms with Crippen LogP contribution in [0.15, 0.2) is 58.2 Å². The van der Waals surface area contributed by atoms with Crippen molar-refractivity contribution in [3.8, 4) is 0 Å². The number of urea groups is 1. The quantitative estimate of drug-likeness (QED) is 0.462. The lowest BCUT2D eigenvalue weighted by atomic mass is 9.94. The van der Waals surface area contributed by atoms with Crippen molar-refractivity contribution in [2.24, 2.45) is 0 Å². The molecule has 3 N–H and O–H groups in total. The Kier molecular flexibility index (Phi) is 5.66. The molecular weight excluding hydrogens is 452 g/mol. The number of hydrogen-bond acceptors (Lipinski definition) is 4. The molecular formula is C18H14BrClN4O4. The van der Waals surface area contributed by atoms with E-state index >= 15 is 0 Å². The summed E-state index contributed by atoms with van der Waals surface area (Å²) in [5.74, 6) is -0.492. The molecule has 3 amide bonds. The minimum atomic E-state index is -0.872. The van der Waals surface area contributed by atoms with Gasteiger partial charge in [0.05, 0.1) is 31.7 Å². The van der Waals surface area contributed by atoms with Crippen LogP contribution in [0.5, 0.6) is 0 Å². The number of hydrogen-bond donors (Lipinski definition) is 3. The molecule has 2 aromatic carbocycles.